The van der Waals surface area contributed by atoms with Crippen molar-refractivity contribution in [3.8, 4) is 11.5 Å². The molecule has 1 aromatic heterocycles. The van der Waals surface area contributed by atoms with Crippen molar-refractivity contribution >= 4 is 16.9 Å². The summed E-state index contributed by atoms with van der Waals surface area (Å²) >= 11 is 0. The van der Waals surface area contributed by atoms with E-state index in [-0.39, 0.29) is 11.3 Å². The second kappa shape index (κ2) is 5.01. The Morgan fingerprint density at radius 3 is 2.74 bits per heavy atom. The molecule has 0 unspecified atom stereocenters. The van der Waals surface area contributed by atoms with Gasteiger partial charge in [0, 0.05) is 5.39 Å². The maximum Gasteiger partial charge on any atom is 0.351 e. The SMILES string of the molecule is CCOc1c(OC)ccc2cc(C(=O)O)c(=O)oc12. The molecule has 1 aromatic carbocycles. The fraction of sp³-hybridized carbons (Fsp3) is 0.231. The predicted octanol–water partition coefficient (Wildman–Crippen LogP) is 1.90. The van der Waals surface area contributed by atoms with E-state index in [1.165, 1.54) is 13.2 Å². The predicted molar refractivity (Wildman–Crippen MR) is 67.2 cm³/mol. The Morgan fingerprint density at radius 2 is 2.16 bits per heavy atom. The maximum atomic E-state index is 11.6. The van der Waals surface area contributed by atoms with Gasteiger partial charge in [0.1, 0.15) is 5.56 Å². The zero-order chi connectivity index (χ0) is 14.0. The fourth-order valence-electron chi connectivity index (χ4n) is 1.73. The Labute approximate surface area is 108 Å². The normalized spacial score (nSPS) is 10.4. The highest BCUT2D eigenvalue weighted by Crippen LogP contribution is 2.35. The summed E-state index contributed by atoms with van der Waals surface area (Å²) in [7, 11) is 1.47. The highest BCUT2D eigenvalue weighted by molar-refractivity contribution is 5.93. The second-order valence-electron chi connectivity index (χ2n) is 3.70. The van der Waals surface area contributed by atoms with Gasteiger partial charge in [0.2, 0.25) is 5.75 Å². The molecule has 0 saturated carbocycles. The van der Waals surface area contributed by atoms with Gasteiger partial charge in [0.25, 0.3) is 0 Å². The number of hydrogen-bond donors (Lipinski definition) is 1. The lowest BCUT2D eigenvalue weighted by molar-refractivity contribution is 0.0692. The number of methoxy groups -OCH3 is 1. The Morgan fingerprint density at radius 1 is 1.42 bits per heavy atom. The summed E-state index contributed by atoms with van der Waals surface area (Å²) in [5.41, 5.74) is -1.16. The van der Waals surface area contributed by atoms with Crippen molar-refractivity contribution < 1.29 is 23.8 Å². The molecular weight excluding hydrogens is 252 g/mol. The van der Waals surface area contributed by atoms with Gasteiger partial charge in [-0.3, -0.25) is 0 Å². The van der Waals surface area contributed by atoms with Crippen molar-refractivity contribution in [2.24, 2.45) is 0 Å². The summed E-state index contributed by atoms with van der Waals surface area (Å²) in [6, 6.07) is 4.48. The number of aromatic carboxylic acids is 1. The number of rotatable bonds is 4. The summed E-state index contributed by atoms with van der Waals surface area (Å²) in [4.78, 5) is 22.5. The molecule has 0 aliphatic carbocycles. The third-order valence-electron chi connectivity index (χ3n) is 2.56. The van der Waals surface area contributed by atoms with E-state index in [0.29, 0.717) is 17.7 Å². The number of fused-ring (bicyclic) bond motifs is 1. The molecule has 0 aliphatic rings. The van der Waals surface area contributed by atoms with Crippen LogP contribution >= 0.6 is 0 Å². The number of ether oxygens (including phenoxy) is 2. The van der Waals surface area contributed by atoms with Gasteiger partial charge < -0.3 is 19.0 Å². The molecular formula is C13H12O6. The van der Waals surface area contributed by atoms with Crippen LogP contribution in [0.25, 0.3) is 11.0 Å². The van der Waals surface area contributed by atoms with Crippen molar-refractivity contribution in [1.29, 1.82) is 0 Å². The Balaban J connectivity index is 2.79. The molecule has 0 aliphatic heterocycles. The smallest absolute Gasteiger partial charge is 0.351 e. The van der Waals surface area contributed by atoms with Crippen LogP contribution in [0.3, 0.4) is 0 Å². The van der Waals surface area contributed by atoms with Gasteiger partial charge in [0.15, 0.2) is 11.3 Å². The van der Waals surface area contributed by atoms with Crippen LogP contribution in [-0.4, -0.2) is 24.8 Å². The molecule has 0 saturated heterocycles. The van der Waals surface area contributed by atoms with Gasteiger partial charge in [0.05, 0.1) is 13.7 Å². The molecule has 6 nitrogen and oxygen atoms in total. The third-order valence-corrected chi connectivity index (χ3v) is 2.56. The first-order valence-electron chi connectivity index (χ1n) is 5.59. The Bertz CT molecular complexity index is 685. The number of carboxylic acids is 1. The lowest BCUT2D eigenvalue weighted by Crippen LogP contribution is -2.13. The second-order valence-corrected chi connectivity index (χ2v) is 3.70. The van der Waals surface area contributed by atoms with E-state index in [4.69, 9.17) is 19.0 Å². The zero-order valence-corrected chi connectivity index (χ0v) is 10.4. The van der Waals surface area contributed by atoms with Crippen LogP contribution in [-0.2, 0) is 0 Å². The lowest BCUT2D eigenvalue weighted by atomic mass is 10.1. The van der Waals surface area contributed by atoms with E-state index in [2.05, 4.69) is 0 Å². The highest BCUT2D eigenvalue weighted by Gasteiger charge is 2.17. The fourth-order valence-corrected chi connectivity index (χ4v) is 1.73. The number of carboxylic acid groups (broad SMARTS) is 1. The van der Waals surface area contributed by atoms with Crippen LogP contribution in [0.4, 0.5) is 0 Å². The maximum absolute atomic E-state index is 11.6. The minimum atomic E-state index is -1.33. The van der Waals surface area contributed by atoms with Gasteiger partial charge in [-0.2, -0.15) is 0 Å². The molecule has 0 spiro atoms. The summed E-state index contributed by atoms with van der Waals surface area (Å²) < 4.78 is 15.6. The van der Waals surface area contributed by atoms with Crippen LogP contribution in [0, 0.1) is 0 Å². The average Bonchev–Trinajstić information content (AvgIpc) is 2.38. The first-order chi connectivity index (χ1) is 9.08. The zero-order valence-electron chi connectivity index (χ0n) is 10.4. The molecule has 0 bridgehead atoms. The minimum absolute atomic E-state index is 0.177. The topological polar surface area (TPSA) is 86.0 Å². The quantitative estimate of drug-likeness (QED) is 0.849. The van der Waals surface area contributed by atoms with Crippen LogP contribution in [0.15, 0.2) is 27.4 Å². The largest absolute Gasteiger partial charge is 0.493 e. The summed E-state index contributed by atoms with van der Waals surface area (Å²) in [5, 5.41) is 9.34. The molecule has 0 atom stereocenters. The monoisotopic (exact) mass is 264 g/mol. The molecule has 0 fully saturated rings. The van der Waals surface area contributed by atoms with E-state index >= 15 is 0 Å². The molecule has 1 heterocycles. The van der Waals surface area contributed by atoms with E-state index in [1.807, 2.05) is 0 Å². The number of benzene rings is 1. The van der Waals surface area contributed by atoms with Gasteiger partial charge in [-0.25, -0.2) is 9.59 Å². The van der Waals surface area contributed by atoms with E-state index in [9.17, 15) is 9.59 Å². The first-order valence-corrected chi connectivity index (χ1v) is 5.59. The van der Waals surface area contributed by atoms with E-state index in [1.54, 1.807) is 19.1 Å². The average molecular weight is 264 g/mol. The minimum Gasteiger partial charge on any atom is -0.493 e. The van der Waals surface area contributed by atoms with Gasteiger partial charge in [-0.15, -0.1) is 0 Å². The van der Waals surface area contributed by atoms with Crippen LogP contribution in [0.1, 0.15) is 17.3 Å². The molecule has 0 radical (unpaired) electrons. The van der Waals surface area contributed by atoms with Gasteiger partial charge in [-0.05, 0) is 25.1 Å². The highest BCUT2D eigenvalue weighted by atomic mass is 16.5. The standard InChI is InChI=1S/C13H12O6/c1-3-18-11-9(17-2)5-4-7-6-8(12(14)15)13(16)19-10(7)11/h4-6H,3H2,1-2H3,(H,14,15). The molecule has 19 heavy (non-hydrogen) atoms. The summed E-state index contributed by atoms with van der Waals surface area (Å²) in [6.45, 7) is 2.14. The van der Waals surface area contributed by atoms with Gasteiger partial charge >= 0.3 is 11.6 Å². The Hall–Kier alpha value is -2.50. The molecule has 2 aromatic rings. The number of hydrogen-bond acceptors (Lipinski definition) is 5. The van der Waals surface area contributed by atoms with Crippen LogP contribution < -0.4 is 15.1 Å². The van der Waals surface area contributed by atoms with Crippen molar-refractivity contribution in [1.82, 2.24) is 0 Å². The number of carbonyl (C=O) groups is 1. The third kappa shape index (κ3) is 2.24. The molecule has 2 rings (SSSR count). The van der Waals surface area contributed by atoms with Crippen molar-refractivity contribution in [3.63, 3.8) is 0 Å². The Kier molecular flexibility index (Phi) is 3.41. The molecule has 0 amide bonds. The van der Waals surface area contributed by atoms with Gasteiger partial charge in [-0.1, -0.05) is 0 Å². The molecule has 6 heteroatoms. The van der Waals surface area contributed by atoms with E-state index in [0.717, 1.165) is 0 Å². The first kappa shape index (κ1) is 12.9. The van der Waals surface area contributed by atoms with Crippen LogP contribution in [0.2, 0.25) is 0 Å². The lowest BCUT2D eigenvalue weighted by Gasteiger charge is -2.11. The molecule has 100 valence electrons. The van der Waals surface area contributed by atoms with E-state index < -0.39 is 17.2 Å². The van der Waals surface area contributed by atoms with Crippen molar-refractivity contribution in [2.45, 2.75) is 6.92 Å². The van der Waals surface area contributed by atoms with Crippen LogP contribution in [0.5, 0.6) is 11.5 Å². The summed E-state index contributed by atoms with van der Waals surface area (Å²) in [6.07, 6.45) is 0. The van der Waals surface area contributed by atoms with Crippen molar-refractivity contribution in [2.75, 3.05) is 13.7 Å². The molecule has 1 N–H and O–H groups in total. The summed E-state index contributed by atoms with van der Waals surface area (Å²) in [5.74, 6) is -0.624. The van der Waals surface area contributed by atoms with Crippen molar-refractivity contribution in [3.05, 3.63) is 34.2 Å².